The summed E-state index contributed by atoms with van der Waals surface area (Å²) < 4.78 is 10.3. The Labute approximate surface area is 158 Å². The number of aromatic nitrogens is 1. The molecule has 2 heterocycles. The monoisotopic (exact) mass is 376 g/mol. The fourth-order valence-electron chi connectivity index (χ4n) is 3.20. The molecule has 2 aromatic rings. The molecule has 1 aromatic heterocycles. The van der Waals surface area contributed by atoms with Gasteiger partial charge in [-0.1, -0.05) is 0 Å². The number of piperidine rings is 1. The van der Waals surface area contributed by atoms with Gasteiger partial charge < -0.3 is 19.7 Å². The minimum Gasteiger partial charge on any atom is -0.497 e. The van der Waals surface area contributed by atoms with Crippen molar-refractivity contribution in [2.24, 2.45) is 5.92 Å². The molecule has 0 radical (unpaired) electrons. The number of hydrogen-bond acceptors (Lipinski definition) is 6. The average molecular weight is 377 g/mol. The second-order valence-electron chi connectivity index (χ2n) is 6.45. The van der Waals surface area contributed by atoms with Gasteiger partial charge in [0.05, 0.1) is 32.7 Å². The third kappa shape index (κ3) is 4.95. The lowest BCUT2D eigenvalue weighted by Gasteiger charge is -2.27. The first kappa shape index (κ1) is 18.7. The Morgan fingerprint density at radius 3 is 2.69 bits per heavy atom. The normalized spacial score (nSPS) is 19.8. The summed E-state index contributed by atoms with van der Waals surface area (Å²) in [5.74, 6) is 0.873. The van der Waals surface area contributed by atoms with E-state index in [1.807, 2.05) is 31.2 Å². The molecule has 1 aliphatic heterocycles. The van der Waals surface area contributed by atoms with Gasteiger partial charge in [-0.05, 0) is 31.2 Å². The Hall–Kier alpha value is -2.12. The van der Waals surface area contributed by atoms with E-state index in [4.69, 9.17) is 9.47 Å². The number of benzene rings is 1. The van der Waals surface area contributed by atoms with Crippen molar-refractivity contribution in [1.29, 1.82) is 0 Å². The molecule has 0 unspecified atom stereocenters. The third-order valence-electron chi connectivity index (χ3n) is 4.64. The van der Waals surface area contributed by atoms with Crippen LogP contribution in [0.4, 0.5) is 10.8 Å². The van der Waals surface area contributed by atoms with Gasteiger partial charge in [0.15, 0.2) is 5.13 Å². The number of ether oxygens (including phenoxy) is 2. The number of anilines is 2. The molecule has 3 rings (SSSR count). The molecule has 1 aliphatic rings. The fourth-order valence-corrected chi connectivity index (χ4v) is 3.93. The maximum atomic E-state index is 11.8. The van der Waals surface area contributed by atoms with Gasteiger partial charge in [-0.2, -0.15) is 0 Å². The Morgan fingerprint density at radius 1 is 1.31 bits per heavy atom. The molecule has 6 nitrogen and oxygen atoms in total. The Kier molecular flexibility index (Phi) is 6.46. The van der Waals surface area contributed by atoms with Gasteiger partial charge >= 0.3 is 5.97 Å². The highest BCUT2D eigenvalue weighted by molar-refractivity contribution is 7.13. The van der Waals surface area contributed by atoms with Gasteiger partial charge in [0, 0.05) is 23.9 Å². The lowest BCUT2D eigenvalue weighted by atomic mass is 9.97. The van der Waals surface area contributed by atoms with Crippen LogP contribution in [0.5, 0.6) is 5.75 Å². The zero-order chi connectivity index (χ0) is 18.4. The minimum atomic E-state index is -0.0359. The number of methoxy groups -OCH3 is 1. The summed E-state index contributed by atoms with van der Waals surface area (Å²) in [7, 11) is 1.66. The highest BCUT2D eigenvalue weighted by Gasteiger charge is 2.28. The lowest BCUT2D eigenvalue weighted by molar-refractivity contribution is -0.919. The molecule has 0 amide bonds. The summed E-state index contributed by atoms with van der Waals surface area (Å²) in [6, 6.07) is 7.81. The number of thiazole rings is 1. The number of hydrogen-bond donors (Lipinski definition) is 2. The van der Waals surface area contributed by atoms with E-state index in [0.29, 0.717) is 6.61 Å². The van der Waals surface area contributed by atoms with E-state index in [2.05, 4.69) is 15.7 Å². The van der Waals surface area contributed by atoms with Crippen LogP contribution in [0.3, 0.4) is 0 Å². The van der Waals surface area contributed by atoms with Crippen molar-refractivity contribution >= 4 is 28.1 Å². The smallest absolute Gasteiger partial charge is 0.309 e. The molecule has 1 fully saturated rings. The van der Waals surface area contributed by atoms with E-state index in [0.717, 1.165) is 54.7 Å². The van der Waals surface area contributed by atoms with Gasteiger partial charge in [0.1, 0.15) is 18.0 Å². The summed E-state index contributed by atoms with van der Waals surface area (Å²) in [6.45, 7) is 5.20. The van der Waals surface area contributed by atoms with Crippen molar-refractivity contribution < 1.29 is 19.2 Å². The number of rotatable bonds is 7. The van der Waals surface area contributed by atoms with Crippen LogP contribution in [0.15, 0.2) is 29.6 Å². The van der Waals surface area contributed by atoms with Crippen LogP contribution >= 0.6 is 11.3 Å². The second-order valence-corrected chi connectivity index (χ2v) is 7.31. The summed E-state index contributed by atoms with van der Waals surface area (Å²) in [5, 5.41) is 6.33. The molecular weight excluding hydrogens is 350 g/mol. The van der Waals surface area contributed by atoms with Crippen molar-refractivity contribution in [2.45, 2.75) is 26.3 Å². The fraction of sp³-hybridized carbons (Fsp3) is 0.474. The quantitative estimate of drug-likeness (QED) is 0.726. The van der Waals surface area contributed by atoms with Crippen LogP contribution in [-0.4, -0.2) is 37.8 Å². The summed E-state index contributed by atoms with van der Waals surface area (Å²) in [4.78, 5) is 18.0. The molecule has 0 aliphatic carbocycles. The topological polar surface area (TPSA) is 64.9 Å². The molecule has 26 heavy (non-hydrogen) atoms. The largest absolute Gasteiger partial charge is 0.497 e. The molecule has 140 valence electrons. The molecule has 0 saturated carbocycles. The van der Waals surface area contributed by atoms with Crippen molar-refractivity contribution in [3.05, 3.63) is 35.3 Å². The number of quaternary nitrogens is 1. The first-order valence-corrected chi connectivity index (χ1v) is 9.91. The zero-order valence-electron chi connectivity index (χ0n) is 15.3. The second kappa shape index (κ2) is 9.00. The van der Waals surface area contributed by atoms with Gasteiger partial charge in [0.25, 0.3) is 0 Å². The number of likely N-dealkylation sites (tertiary alicyclic amines) is 1. The van der Waals surface area contributed by atoms with E-state index in [1.54, 1.807) is 18.4 Å². The number of esters is 1. The van der Waals surface area contributed by atoms with Gasteiger partial charge in [0.2, 0.25) is 0 Å². The highest BCUT2D eigenvalue weighted by Crippen LogP contribution is 2.22. The molecule has 0 bridgehead atoms. The number of carbonyl (C=O) groups is 1. The summed E-state index contributed by atoms with van der Waals surface area (Å²) >= 11 is 1.61. The van der Waals surface area contributed by atoms with Gasteiger partial charge in [-0.15, -0.1) is 11.3 Å². The van der Waals surface area contributed by atoms with Crippen molar-refractivity contribution in [3.63, 3.8) is 0 Å². The molecule has 0 spiro atoms. The number of nitrogens with one attached hydrogen (secondary N) is 2. The Balaban J connectivity index is 1.48. The number of carbonyl (C=O) groups excluding carboxylic acids is 1. The zero-order valence-corrected chi connectivity index (χ0v) is 16.1. The SMILES string of the molecule is CCOC(=O)C1CC[NH+](Cc2csc(Nc3ccc(OC)cc3)n2)CC1. The van der Waals surface area contributed by atoms with Crippen LogP contribution in [-0.2, 0) is 16.1 Å². The molecular formula is C19H26N3O3S+. The minimum absolute atomic E-state index is 0.0359. The lowest BCUT2D eigenvalue weighted by Crippen LogP contribution is -3.11. The van der Waals surface area contributed by atoms with Crippen molar-refractivity contribution in [1.82, 2.24) is 4.98 Å². The highest BCUT2D eigenvalue weighted by atomic mass is 32.1. The van der Waals surface area contributed by atoms with E-state index < -0.39 is 0 Å². The van der Waals surface area contributed by atoms with Crippen LogP contribution in [0.25, 0.3) is 0 Å². The molecule has 7 heteroatoms. The number of nitrogens with zero attached hydrogens (tertiary/aromatic N) is 1. The molecule has 1 aromatic carbocycles. The standard InChI is InChI=1S/C19H25N3O3S/c1-3-25-18(23)14-8-10-22(11-9-14)12-16-13-26-19(21-16)20-15-4-6-17(24-2)7-5-15/h4-7,13-14H,3,8-12H2,1-2H3,(H,20,21)/p+1. The van der Waals surface area contributed by atoms with Crippen molar-refractivity contribution in [2.75, 3.05) is 32.1 Å². The molecule has 0 atom stereocenters. The first-order valence-electron chi connectivity index (χ1n) is 9.03. The van der Waals surface area contributed by atoms with Gasteiger partial charge in [-0.25, -0.2) is 4.98 Å². The van der Waals surface area contributed by atoms with Crippen LogP contribution in [0.1, 0.15) is 25.5 Å². The van der Waals surface area contributed by atoms with Crippen molar-refractivity contribution in [3.8, 4) is 5.75 Å². The van der Waals surface area contributed by atoms with E-state index in [9.17, 15) is 4.79 Å². The predicted octanol–water partition coefficient (Wildman–Crippen LogP) is 2.25. The summed E-state index contributed by atoms with van der Waals surface area (Å²) in [5.41, 5.74) is 2.09. The predicted molar refractivity (Wildman–Crippen MR) is 102 cm³/mol. The Bertz CT molecular complexity index is 709. The first-order chi connectivity index (χ1) is 12.7. The molecule has 2 N–H and O–H groups in total. The van der Waals surface area contributed by atoms with Gasteiger partial charge in [-0.3, -0.25) is 4.79 Å². The summed E-state index contributed by atoms with van der Waals surface area (Å²) in [6.07, 6.45) is 1.80. The maximum Gasteiger partial charge on any atom is 0.309 e. The van der Waals surface area contributed by atoms with E-state index >= 15 is 0 Å². The van der Waals surface area contributed by atoms with E-state index in [1.165, 1.54) is 4.90 Å². The average Bonchev–Trinajstić information content (AvgIpc) is 3.10. The maximum absolute atomic E-state index is 11.8. The van der Waals surface area contributed by atoms with Crippen LogP contribution in [0.2, 0.25) is 0 Å². The van der Waals surface area contributed by atoms with E-state index in [-0.39, 0.29) is 11.9 Å². The third-order valence-corrected chi connectivity index (χ3v) is 5.44. The molecule has 1 saturated heterocycles. The van der Waals surface area contributed by atoms with Crippen LogP contribution < -0.4 is 15.0 Å². The Morgan fingerprint density at radius 2 is 2.04 bits per heavy atom. The van der Waals surface area contributed by atoms with Crippen LogP contribution in [0, 0.1) is 5.92 Å².